The molecule has 0 aliphatic rings. The predicted molar refractivity (Wildman–Crippen MR) is 68.2 cm³/mol. The molecule has 0 rings (SSSR count). The van der Waals surface area contributed by atoms with Crippen LogP contribution in [0.3, 0.4) is 0 Å². The highest BCUT2D eigenvalue weighted by Crippen LogP contribution is 2.14. The fraction of sp³-hybridized carbons (Fsp3) is 0.750. The van der Waals surface area contributed by atoms with E-state index >= 15 is 0 Å². The fourth-order valence-corrected chi connectivity index (χ4v) is 1.39. The van der Waals surface area contributed by atoms with Crippen molar-refractivity contribution in [3.8, 4) is 0 Å². The molecule has 0 atom stereocenters. The van der Waals surface area contributed by atoms with E-state index in [9.17, 15) is 4.79 Å². The van der Waals surface area contributed by atoms with Crippen molar-refractivity contribution in [2.45, 2.75) is 20.8 Å². The molecule has 0 saturated carbocycles. The van der Waals surface area contributed by atoms with Gasteiger partial charge < -0.3 is 11.1 Å². The van der Waals surface area contributed by atoms with E-state index in [1.807, 2.05) is 6.92 Å². The summed E-state index contributed by atoms with van der Waals surface area (Å²) in [4.78, 5) is 13.6. The summed E-state index contributed by atoms with van der Waals surface area (Å²) in [6, 6.07) is 0. The van der Waals surface area contributed by atoms with Gasteiger partial charge in [0, 0.05) is 13.1 Å². The van der Waals surface area contributed by atoms with Crippen LogP contribution in [0.15, 0.2) is 12.7 Å². The Morgan fingerprint density at radius 2 is 2.19 bits per heavy atom. The molecule has 4 heteroatoms. The second kappa shape index (κ2) is 7.41. The minimum absolute atomic E-state index is 0.0366. The average Bonchev–Trinajstić information content (AvgIpc) is 2.25. The molecule has 0 saturated heterocycles. The molecule has 0 aliphatic carbocycles. The summed E-state index contributed by atoms with van der Waals surface area (Å²) in [6.07, 6.45) is 1.68. The first-order valence-electron chi connectivity index (χ1n) is 5.75. The van der Waals surface area contributed by atoms with Gasteiger partial charge in [0.25, 0.3) is 0 Å². The minimum atomic E-state index is 0.0366. The molecular formula is C12H25N3O. The highest BCUT2D eigenvalue weighted by Gasteiger charge is 2.20. The standard InChI is InChI=1S/C12H25N3O/c1-5-7-14-11(16)8-15(6-2)10-12(3,4)9-13/h5H,1,6-10,13H2,2-4H3,(H,14,16). The monoisotopic (exact) mass is 227 g/mol. The number of nitrogens with two attached hydrogens (primary N) is 1. The Hall–Kier alpha value is -0.870. The molecule has 0 unspecified atom stereocenters. The Morgan fingerprint density at radius 1 is 1.56 bits per heavy atom. The second-order valence-corrected chi connectivity index (χ2v) is 4.76. The molecule has 94 valence electrons. The van der Waals surface area contributed by atoms with Crippen molar-refractivity contribution in [2.24, 2.45) is 11.1 Å². The third kappa shape index (κ3) is 6.58. The molecule has 3 N–H and O–H groups in total. The molecule has 0 aromatic carbocycles. The maximum absolute atomic E-state index is 11.5. The summed E-state index contributed by atoms with van der Waals surface area (Å²) in [7, 11) is 0. The van der Waals surface area contributed by atoms with Crippen LogP contribution in [0.25, 0.3) is 0 Å². The fourth-order valence-electron chi connectivity index (χ4n) is 1.39. The number of amides is 1. The molecule has 0 bridgehead atoms. The van der Waals surface area contributed by atoms with Gasteiger partial charge in [-0.2, -0.15) is 0 Å². The van der Waals surface area contributed by atoms with E-state index in [4.69, 9.17) is 5.73 Å². The van der Waals surface area contributed by atoms with Gasteiger partial charge in [0.2, 0.25) is 5.91 Å². The number of carbonyl (C=O) groups is 1. The van der Waals surface area contributed by atoms with Crippen molar-refractivity contribution >= 4 is 5.91 Å². The van der Waals surface area contributed by atoms with Gasteiger partial charge in [-0.3, -0.25) is 9.69 Å². The first-order chi connectivity index (χ1) is 7.45. The maximum atomic E-state index is 11.5. The molecule has 0 aromatic heterocycles. The average molecular weight is 227 g/mol. The van der Waals surface area contributed by atoms with E-state index in [0.717, 1.165) is 13.1 Å². The summed E-state index contributed by atoms with van der Waals surface area (Å²) in [5.41, 5.74) is 5.73. The van der Waals surface area contributed by atoms with Gasteiger partial charge in [-0.1, -0.05) is 26.8 Å². The van der Waals surface area contributed by atoms with E-state index in [2.05, 4.69) is 30.6 Å². The van der Waals surface area contributed by atoms with Crippen molar-refractivity contribution in [1.82, 2.24) is 10.2 Å². The van der Waals surface area contributed by atoms with E-state index in [1.54, 1.807) is 6.08 Å². The lowest BCUT2D eigenvalue weighted by atomic mass is 9.93. The molecule has 0 aliphatic heterocycles. The molecule has 0 heterocycles. The van der Waals surface area contributed by atoms with Gasteiger partial charge in [0.15, 0.2) is 0 Å². The Kier molecular flexibility index (Phi) is 7.01. The van der Waals surface area contributed by atoms with Crippen LogP contribution in [-0.4, -0.2) is 43.5 Å². The number of hydrogen-bond acceptors (Lipinski definition) is 3. The number of nitrogens with one attached hydrogen (secondary N) is 1. The van der Waals surface area contributed by atoms with Crippen LogP contribution in [-0.2, 0) is 4.79 Å². The summed E-state index contributed by atoms with van der Waals surface area (Å²) >= 11 is 0. The van der Waals surface area contributed by atoms with Crippen LogP contribution in [0.1, 0.15) is 20.8 Å². The maximum Gasteiger partial charge on any atom is 0.234 e. The van der Waals surface area contributed by atoms with Gasteiger partial charge in [0.1, 0.15) is 0 Å². The summed E-state index contributed by atoms with van der Waals surface area (Å²) in [6.45, 7) is 13.1. The highest BCUT2D eigenvalue weighted by molar-refractivity contribution is 5.78. The minimum Gasteiger partial charge on any atom is -0.352 e. The topological polar surface area (TPSA) is 58.4 Å². The lowest BCUT2D eigenvalue weighted by Gasteiger charge is -2.30. The second-order valence-electron chi connectivity index (χ2n) is 4.76. The molecule has 4 nitrogen and oxygen atoms in total. The van der Waals surface area contributed by atoms with E-state index in [1.165, 1.54) is 0 Å². The van der Waals surface area contributed by atoms with E-state index in [0.29, 0.717) is 19.6 Å². The van der Waals surface area contributed by atoms with Gasteiger partial charge in [0.05, 0.1) is 6.54 Å². The van der Waals surface area contributed by atoms with Crippen molar-refractivity contribution < 1.29 is 4.79 Å². The number of hydrogen-bond donors (Lipinski definition) is 2. The Bertz CT molecular complexity index is 226. The van der Waals surface area contributed by atoms with Crippen molar-refractivity contribution in [3.63, 3.8) is 0 Å². The Labute approximate surface area is 98.9 Å². The van der Waals surface area contributed by atoms with Crippen LogP contribution in [0.4, 0.5) is 0 Å². The molecule has 16 heavy (non-hydrogen) atoms. The zero-order valence-electron chi connectivity index (χ0n) is 10.8. The molecule has 1 amide bonds. The molecule has 0 spiro atoms. The van der Waals surface area contributed by atoms with Gasteiger partial charge >= 0.3 is 0 Å². The summed E-state index contributed by atoms with van der Waals surface area (Å²) < 4.78 is 0. The van der Waals surface area contributed by atoms with Crippen molar-refractivity contribution in [3.05, 3.63) is 12.7 Å². The van der Waals surface area contributed by atoms with E-state index < -0.39 is 0 Å². The van der Waals surface area contributed by atoms with Crippen LogP contribution >= 0.6 is 0 Å². The van der Waals surface area contributed by atoms with Crippen molar-refractivity contribution in [2.75, 3.05) is 32.7 Å². The quantitative estimate of drug-likeness (QED) is 0.597. The smallest absolute Gasteiger partial charge is 0.234 e. The predicted octanol–water partition coefficient (Wildman–Crippen LogP) is 0.595. The van der Waals surface area contributed by atoms with Crippen LogP contribution in [0, 0.1) is 5.41 Å². The Balaban J connectivity index is 4.09. The summed E-state index contributed by atoms with van der Waals surface area (Å²) in [5, 5.41) is 2.77. The lowest BCUT2D eigenvalue weighted by Crippen LogP contribution is -2.43. The van der Waals surface area contributed by atoms with Crippen molar-refractivity contribution in [1.29, 1.82) is 0 Å². The zero-order chi connectivity index (χ0) is 12.6. The Morgan fingerprint density at radius 3 is 2.62 bits per heavy atom. The number of rotatable bonds is 8. The highest BCUT2D eigenvalue weighted by atomic mass is 16.2. The lowest BCUT2D eigenvalue weighted by molar-refractivity contribution is -0.122. The number of likely N-dealkylation sites (N-methyl/N-ethyl adjacent to an activating group) is 1. The van der Waals surface area contributed by atoms with Gasteiger partial charge in [-0.25, -0.2) is 0 Å². The van der Waals surface area contributed by atoms with Crippen LogP contribution in [0.5, 0.6) is 0 Å². The third-order valence-electron chi connectivity index (χ3n) is 2.46. The number of carbonyl (C=O) groups excluding carboxylic acids is 1. The van der Waals surface area contributed by atoms with Crippen LogP contribution < -0.4 is 11.1 Å². The van der Waals surface area contributed by atoms with Crippen LogP contribution in [0.2, 0.25) is 0 Å². The summed E-state index contributed by atoms with van der Waals surface area (Å²) in [5.74, 6) is 0.0366. The first-order valence-corrected chi connectivity index (χ1v) is 5.75. The molecular weight excluding hydrogens is 202 g/mol. The molecule has 0 fully saturated rings. The first kappa shape index (κ1) is 15.1. The molecule has 0 radical (unpaired) electrons. The number of nitrogens with zero attached hydrogens (tertiary/aromatic N) is 1. The zero-order valence-corrected chi connectivity index (χ0v) is 10.8. The third-order valence-corrected chi connectivity index (χ3v) is 2.46. The van der Waals surface area contributed by atoms with E-state index in [-0.39, 0.29) is 11.3 Å². The SMILES string of the molecule is C=CCNC(=O)CN(CC)CC(C)(C)CN. The largest absolute Gasteiger partial charge is 0.352 e. The van der Waals surface area contributed by atoms with Gasteiger partial charge in [-0.15, -0.1) is 6.58 Å². The van der Waals surface area contributed by atoms with Gasteiger partial charge in [-0.05, 0) is 18.5 Å². The normalized spacial score (nSPS) is 11.6. The molecule has 0 aromatic rings.